The maximum Gasteiger partial charge on any atom is 0.158 e. The average molecular weight is 266 g/mol. The molecule has 1 rings (SSSR count). The van der Waals surface area contributed by atoms with Gasteiger partial charge < -0.3 is 0 Å². The molecule has 72 valence electrons. The topological polar surface area (TPSA) is 12.9 Å². The van der Waals surface area contributed by atoms with E-state index in [0.717, 1.165) is 6.20 Å². The Bertz CT molecular complexity index is 336. The molecular weight excluding hydrogens is 256 g/mol. The summed E-state index contributed by atoms with van der Waals surface area (Å²) in [4.78, 5) is 3.54. The molecular formula is C8H10BrF2NSi. The molecule has 0 radical (unpaired) electrons. The third-order valence-electron chi connectivity index (χ3n) is 1.68. The smallest absolute Gasteiger partial charge is 0.158 e. The molecule has 1 aromatic rings. The van der Waals surface area contributed by atoms with Crippen LogP contribution in [-0.4, -0.2) is 13.1 Å². The quantitative estimate of drug-likeness (QED) is 0.562. The first kappa shape index (κ1) is 10.8. The molecule has 0 aliphatic carbocycles. The van der Waals surface area contributed by atoms with E-state index in [1.54, 1.807) is 0 Å². The van der Waals surface area contributed by atoms with Crippen molar-refractivity contribution in [3.63, 3.8) is 0 Å². The van der Waals surface area contributed by atoms with Crippen molar-refractivity contribution in [1.82, 2.24) is 4.98 Å². The molecule has 0 unspecified atom stereocenters. The Kier molecular flexibility index (Phi) is 2.87. The van der Waals surface area contributed by atoms with Gasteiger partial charge in [-0.25, -0.2) is 13.8 Å². The van der Waals surface area contributed by atoms with Gasteiger partial charge in [-0.15, -0.1) is 0 Å². The number of pyridine rings is 1. The van der Waals surface area contributed by atoms with E-state index in [1.165, 1.54) is 0 Å². The summed E-state index contributed by atoms with van der Waals surface area (Å²) >= 11 is 2.94. The zero-order valence-corrected chi connectivity index (χ0v) is 10.2. The maximum atomic E-state index is 13.4. The monoisotopic (exact) mass is 265 g/mol. The standard InChI is InChI=1S/C8H10BrF2NSi/c1-13(2,3)7-5(10)4-12-8(9)6(7)11/h4H,1-3H3. The van der Waals surface area contributed by atoms with Crippen molar-refractivity contribution >= 4 is 29.2 Å². The van der Waals surface area contributed by atoms with Gasteiger partial charge in [0.25, 0.3) is 0 Å². The molecule has 0 saturated carbocycles. The van der Waals surface area contributed by atoms with Crippen LogP contribution in [0.5, 0.6) is 0 Å². The van der Waals surface area contributed by atoms with Crippen LogP contribution in [0, 0.1) is 11.6 Å². The molecule has 0 bridgehead atoms. The second-order valence-electron chi connectivity index (χ2n) is 3.84. The van der Waals surface area contributed by atoms with Crippen LogP contribution < -0.4 is 5.19 Å². The molecule has 0 aliphatic heterocycles. The summed E-state index contributed by atoms with van der Waals surface area (Å²) < 4.78 is 26.8. The summed E-state index contributed by atoms with van der Waals surface area (Å²) in [5.41, 5.74) is 0. The number of nitrogens with zero attached hydrogens (tertiary/aromatic N) is 1. The fourth-order valence-electron chi connectivity index (χ4n) is 1.13. The van der Waals surface area contributed by atoms with E-state index in [9.17, 15) is 8.78 Å². The summed E-state index contributed by atoms with van der Waals surface area (Å²) in [7, 11) is -1.97. The Hall–Kier alpha value is -0.293. The number of rotatable bonds is 1. The highest BCUT2D eigenvalue weighted by molar-refractivity contribution is 9.10. The fraction of sp³-hybridized carbons (Fsp3) is 0.375. The Morgan fingerprint density at radius 1 is 1.31 bits per heavy atom. The molecule has 0 spiro atoms. The van der Waals surface area contributed by atoms with Gasteiger partial charge in [0.1, 0.15) is 10.4 Å². The van der Waals surface area contributed by atoms with E-state index in [0.29, 0.717) is 0 Å². The Labute approximate surface area is 85.3 Å². The maximum absolute atomic E-state index is 13.4. The Morgan fingerprint density at radius 3 is 2.23 bits per heavy atom. The molecule has 0 N–H and O–H groups in total. The van der Waals surface area contributed by atoms with Crippen molar-refractivity contribution in [3.8, 4) is 0 Å². The van der Waals surface area contributed by atoms with Gasteiger partial charge in [-0.2, -0.15) is 0 Å². The van der Waals surface area contributed by atoms with Crippen LogP contribution in [0.1, 0.15) is 0 Å². The van der Waals surface area contributed by atoms with Gasteiger partial charge in [0.2, 0.25) is 0 Å². The molecule has 5 heteroatoms. The summed E-state index contributed by atoms with van der Waals surface area (Å²) in [6, 6.07) is 0. The molecule has 1 heterocycles. The molecule has 0 aromatic carbocycles. The van der Waals surface area contributed by atoms with E-state index < -0.39 is 19.7 Å². The predicted molar refractivity (Wildman–Crippen MR) is 54.8 cm³/mol. The fourth-order valence-corrected chi connectivity index (χ4v) is 3.17. The van der Waals surface area contributed by atoms with Crippen LogP contribution in [-0.2, 0) is 0 Å². The summed E-state index contributed by atoms with van der Waals surface area (Å²) in [5, 5.41) is 0.203. The van der Waals surface area contributed by atoms with Gasteiger partial charge in [0.05, 0.1) is 14.3 Å². The third-order valence-corrected chi connectivity index (χ3v) is 4.19. The van der Waals surface area contributed by atoms with Crippen molar-refractivity contribution in [2.24, 2.45) is 0 Å². The van der Waals surface area contributed by atoms with Gasteiger partial charge in [0, 0.05) is 5.19 Å². The first-order valence-corrected chi connectivity index (χ1v) is 8.13. The highest BCUT2D eigenvalue weighted by Crippen LogP contribution is 2.15. The molecule has 0 aliphatic rings. The molecule has 1 aromatic heterocycles. The minimum absolute atomic E-state index is 0.0892. The van der Waals surface area contributed by atoms with Gasteiger partial charge in [-0.1, -0.05) is 19.6 Å². The van der Waals surface area contributed by atoms with Crippen LogP contribution in [0.2, 0.25) is 19.6 Å². The van der Waals surface area contributed by atoms with Crippen molar-refractivity contribution in [2.45, 2.75) is 19.6 Å². The molecule has 13 heavy (non-hydrogen) atoms. The molecule has 0 saturated heterocycles. The van der Waals surface area contributed by atoms with Crippen LogP contribution in [0.4, 0.5) is 8.78 Å². The lowest BCUT2D eigenvalue weighted by Crippen LogP contribution is -2.42. The van der Waals surface area contributed by atoms with Crippen molar-refractivity contribution in [1.29, 1.82) is 0 Å². The van der Waals surface area contributed by atoms with Gasteiger partial charge in [-0.05, 0) is 15.9 Å². The Balaban J connectivity index is 3.43. The number of halogens is 3. The zero-order valence-electron chi connectivity index (χ0n) is 7.66. The van der Waals surface area contributed by atoms with Gasteiger partial charge >= 0.3 is 0 Å². The van der Waals surface area contributed by atoms with Crippen LogP contribution in [0.25, 0.3) is 0 Å². The van der Waals surface area contributed by atoms with Gasteiger partial charge in [-0.3, -0.25) is 0 Å². The normalized spacial score (nSPS) is 11.8. The lowest BCUT2D eigenvalue weighted by Gasteiger charge is -2.18. The average Bonchev–Trinajstić information content (AvgIpc) is 1.95. The summed E-state index contributed by atoms with van der Waals surface area (Å²) in [6.45, 7) is 5.67. The second-order valence-corrected chi connectivity index (χ2v) is 9.59. The van der Waals surface area contributed by atoms with E-state index in [4.69, 9.17) is 0 Å². The third kappa shape index (κ3) is 2.14. The van der Waals surface area contributed by atoms with E-state index in [-0.39, 0.29) is 9.79 Å². The van der Waals surface area contributed by atoms with Crippen molar-refractivity contribution in [3.05, 3.63) is 22.4 Å². The minimum atomic E-state index is -1.97. The molecule has 0 atom stereocenters. The summed E-state index contributed by atoms with van der Waals surface area (Å²) in [6.07, 6.45) is 1.06. The Morgan fingerprint density at radius 2 is 1.85 bits per heavy atom. The highest BCUT2D eigenvalue weighted by atomic mass is 79.9. The largest absolute Gasteiger partial charge is 0.243 e. The van der Waals surface area contributed by atoms with Crippen LogP contribution >= 0.6 is 15.9 Å². The number of hydrogen-bond donors (Lipinski definition) is 0. The highest BCUT2D eigenvalue weighted by Gasteiger charge is 2.26. The van der Waals surface area contributed by atoms with E-state index in [2.05, 4.69) is 20.9 Å². The zero-order chi connectivity index (χ0) is 10.2. The van der Waals surface area contributed by atoms with Crippen molar-refractivity contribution < 1.29 is 8.78 Å². The van der Waals surface area contributed by atoms with E-state index in [1.807, 2.05) is 19.6 Å². The lowest BCUT2D eigenvalue weighted by molar-refractivity contribution is 0.580. The predicted octanol–water partition coefficient (Wildman–Crippen LogP) is 2.67. The molecule has 1 nitrogen and oxygen atoms in total. The lowest BCUT2D eigenvalue weighted by atomic mass is 10.4. The van der Waals surface area contributed by atoms with E-state index >= 15 is 0 Å². The molecule has 0 amide bonds. The van der Waals surface area contributed by atoms with Crippen LogP contribution in [0.3, 0.4) is 0 Å². The first-order valence-electron chi connectivity index (χ1n) is 3.84. The number of hydrogen-bond acceptors (Lipinski definition) is 1. The SMILES string of the molecule is C[Si](C)(C)c1c(F)cnc(Br)c1F. The second kappa shape index (κ2) is 3.46. The van der Waals surface area contributed by atoms with Crippen LogP contribution in [0.15, 0.2) is 10.8 Å². The molecule has 0 fully saturated rings. The summed E-state index contributed by atoms with van der Waals surface area (Å²) in [5.74, 6) is -1.10. The number of aromatic nitrogens is 1. The minimum Gasteiger partial charge on any atom is -0.243 e. The van der Waals surface area contributed by atoms with Crippen molar-refractivity contribution in [2.75, 3.05) is 0 Å². The van der Waals surface area contributed by atoms with Gasteiger partial charge in [0.15, 0.2) is 5.82 Å². The first-order chi connectivity index (χ1) is 5.84.